The number of amides is 1. The van der Waals surface area contributed by atoms with Crippen LogP contribution in [0.2, 0.25) is 0 Å². The third-order valence-corrected chi connectivity index (χ3v) is 5.87. The van der Waals surface area contributed by atoms with Crippen molar-refractivity contribution in [2.75, 3.05) is 19.6 Å². The lowest BCUT2D eigenvalue weighted by atomic mass is 10.0. The monoisotopic (exact) mass is 434 g/mol. The largest absolute Gasteiger partial charge is 0.387 e. The predicted octanol–water partition coefficient (Wildman–Crippen LogP) is 4.91. The molecule has 0 aliphatic rings. The quantitative estimate of drug-likeness (QED) is 0.314. The number of carbonyl (C=O) groups excluding carboxylic acids is 1. The van der Waals surface area contributed by atoms with Crippen LogP contribution in [0.15, 0.2) is 83.8 Å². The molecule has 162 valence electrons. The van der Waals surface area contributed by atoms with Gasteiger partial charge in [0.05, 0.1) is 11.7 Å². The van der Waals surface area contributed by atoms with Gasteiger partial charge in [-0.05, 0) is 28.8 Å². The van der Waals surface area contributed by atoms with Gasteiger partial charge < -0.3 is 15.7 Å². The van der Waals surface area contributed by atoms with Crippen LogP contribution < -0.4 is 10.6 Å². The van der Waals surface area contributed by atoms with Crippen molar-refractivity contribution in [3.8, 4) is 11.1 Å². The molecule has 4 nitrogen and oxygen atoms in total. The van der Waals surface area contributed by atoms with Gasteiger partial charge in [-0.25, -0.2) is 0 Å². The van der Waals surface area contributed by atoms with E-state index < -0.39 is 6.10 Å². The average molecular weight is 435 g/mol. The Morgan fingerprint density at radius 1 is 0.903 bits per heavy atom. The van der Waals surface area contributed by atoms with Crippen LogP contribution in [0, 0.1) is 0 Å². The smallest absolute Gasteiger partial charge is 0.252 e. The minimum atomic E-state index is -0.559. The first-order valence-electron chi connectivity index (χ1n) is 10.6. The molecule has 0 saturated carbocycles. The first-order chi connectivity index (χ1) is 15.0. The molecule has 1 atom stereocenters. The second kappa shape index (κ2) is 11.7. The highest BCUT2D eigenvalue weighted by atomic mass is 32.2. The first kappa shape index (κ1) is 23.1. The number of benzene rings is 3. The van der Waals surface area contributed by atoms with E-state index in [4.69, 9.17) is 0 Å². The maximum atomic E-state index is 12.8. The maximum absolute atomic E-state index is 12.8. The van der Waals surface area contributed by atoms with Crippen LogP contribution in [0.25, 0.3) is 11.1 Å². The molecule has 0 bridgehead atoms. The van der Waals surface area contributed by atoms with Gasteiger partial charge in [-0.15, -0.1) is 11.8 Å². The molecule has 0 heterocycles. The van der Waals surface area contributed by atoms with E-state index in [2.05, 4.69) is 42.7 Å². The molecule has 3 N–H and O–H groups in total. The fourth-order valence-electron chi connectivity index (χ4n) is 3.26. The van der Waals surface area contributed by atoms with E-state index in [-0.39, 0.29) is 5.91 Å². The fraction of sp³-hybridized carbons (Fsp3) is 0.269. The van der Waals surface area contributed by atoms with Crippen molar-refractivity contribution in [1.29, 1.82) is 0 Å². The molecular formula is C26H30N2O2S. The summed E-state index contributed by atoms with van der Waals surface area (Å²) in [4.78, 5) is 13.8. The summed E-state index contributed by atoms with van der Waals surface area (Å²) in [5, 5.41) is 16.8. The van der Waals surface area contributed by atoms with Crippen molar-refractivity contribution >= 4 is 17.7 Å². The molecule has 0 aliphatic carbocycles. The number of carbonyl (C=O) groups is 1. The molecule has 3 rings (SSSR count). The van der Waals surface area contributed by atoms with Gasteiger partial charge in [0.25, 0.3) is 5.91 Å². The van der Waals surface area contributed by atoms with Gasteiger partial charge in [0.2, 0.25) is 0 Å². The highest BCUT2D eigenvalue weighted by molar-refractivity contribution is 8.00. The molecule has 1 amide bonds. The van der Waals surface area contributed by atoms with Crippen molar-refractivity contribution < 1.29 is 9.90 Å². The zero-order chi connectivity index (χ0) is 22.1. The summed E-state index contributed by atoms with van der Waals surface area (Å²) in [5.74, 6) is -0.0758. The Balaban J connectivity index is 1.56. The van der Waals surface area contributed by atoms with Crippen LogP contribution in [-0.4, -0.2) is 35.9 Å². The second-order valence-corrected chi connectivity index (χ2v) is 9.25. The van der Waals surface area contributed by atoms with E-state index in [9.17, 15) is 9.90 Å². The van der Waals surface area contributed by atoms with Crippen LogP contribution in [0.1, 0.15) is 35.9 Å². The standard InChI is InChI=1S/C26H30N2O2S/c1-19(2)31-25-17-22(20-9-5-3-6-10-20)13-14-23(25)26(30)28-16-15-27-18-24(29)21-11-7-4-8-12-21/h3-14,17,19,24,27,29H,15-16,18H2,1-2H3,(H,28,30)/t24-/m0/s1. The number of nitrogens with one attached hydrogen (secondary N) is 2. The topological polar surface area (TPSA) is 61.4 Å². The van der Waals surface area contributed by atoms with Gasteiger partial charge in [0.1, 0.15) is 0 Å². The molecule has 5 heteroatoms. The highest BCUT2D eigenvalue weighted by Gasteiger charge is 2.14. The molecule has 0 spiro atoms. The molecule has 0 fully saturated rings. The average Bonchev–Trinajstić information content (AvgIpc) is 2.79. The third-order valence-electron chi connectivity index (χ3n) is 4.81. The van der Waals surface area contributed by atoms with E-state index in [1.54, 1.807) is 11.8 Å². The number of aliphatic hydroxyl groups excluding tert-OH is 1. The Hall–Kier alpha value is -2.60. The highest BCUT2D eigenvalue weighted by Crippen LogP contribution is 2.31. The van der Waals surface area contributed by atoms with E-state index in [1.807, 2.05) is 60.7 Å². The lowest BCUT2D eigenvalue weighted by molar-refractivity contribution is 0.0950. The van der Waals surface area contributed by atoms with Crippen LogP contribution in [0.4, 0.5) is 0 Å². The Labute approximate surface area is 189 Å². The van der Waals surface area contributed by atoms with Gasteiger partial charge in [-0.3, -0.25) is 4.79 Å². The summed E-state index contributed by atoms with van der Waals surface area (Å²) in [7, 11) is 0. The zero-order valence-corrected chi connectivity index (χ0v) is 18.9. The van der Waals surface area contributed by atoms with Crippen molar-refractivity contribution in [1.82, 2.24) is 10.6 Å². The third kappa shape index (κ3) is 6.96. The Morgan fingerprint density at radius 2 is 1.58 bits per heavy atom. The number of aliphatic hydroxyl groups is 1. The molecule has 0 radical (unpaired) electrons. The van der Waals surface area contributed by atoms with Gasteiger partial charge in [0.15, 0.2) is 0 Å². The summed E-state index contributed by atoms with van der Waals surface area (Å²) in [6.07, 6.45) is -0.559. The zero-order valence-electron chi connectivity index (χ0n) is 18.0. The molecule has 0 aliphatic heterocycles. The molecule has 3 aromatic rings. The van der Waals surface area contributed by atoms with Gasteiger partial charge >= 0.3 is 0 Å². The van der Waals surface area contributed by atoms with Crippen molar-refractivity contribution in [2.45, 2.75) is 30.1 Å². The summed E-state index contributed by atoms with van der Waals surface area (Å²) in [5.41, 5.74) is 3.83. The van der Waals surface area contributed by atoms with Crippen molar-refractivity contribution in [2.24, 2.45) is 0 Å². The van der Waals surface area contributed by atoms with Crippen LogP contribution >= 0.6 is 11.8 Å². The second-order valence-electron chi connectivity index (χ2n) is 7.63. The summed E-state index contributed by atoms with van der Waals surface area (Å²) in [6.45, 7) is 5.78. The molecule has 31 heavy (non-hydrogen) atoms. The summed E-state index contributed by atoms with van der Waals surface area (Å²) < 4.78 is 0. The predicted molar refractivity (Wildman–Crippen MR) is 129 cm³/mol. The number of hydrogen-bond acceptors (Lipinski definition) is 4. The van der Waals surface area contributed by atoms with E-state index in [0.717, 1.165) is 21.6 Å². The van der Waals surface area contributed by atoms with Crippen LogP contribution in [0.5, 0.6) is 0 Å². The number of rotatable bonds is 10. The van der Waals surface area contributed by atoms with E-state index >= 15 is 0 Å². The lowest BCUT2D eigenvalue weighted by Gasteiger charge is -2.15. The van der Waals surface area contributed by atoms with E-state index in [0.29, 0.717) is 30.4 Å². The SMILES string of the molecule is CC(C)Sc1cc(-c2ccccc2)ccc1C(=O)NCCNC[C@H](O)c1ccccc1. The fourth-order valence-corrected chi connectivity index (χ4v) is 4.25. The summed E-state index contributed by atoms with van der Waals surface area (Å²) >= 11 is 1.70. The molecule has 0 unspecified atom stereocenters. The molecule has 0 aromatic heterocycles. The molecule has 0 saturated heterocycles. The number of thioether (sulfide) groups is 1. The van der Waals surface area contributed by atoms with Crippen molar-refractivity contribution in [3.63, 3.8) is 0 Å². The Kier molecular flexibility index (Phi) is 8.71. The van der Waals surface area contributed by atoms with Gasteiger partial charge in [0, 0.05) is 29.8 Å². The van der Waals surface area contributed by atoms with Crippen molar-refractivity contribution in [3.05, 3.63) is 90.0 Å². The molecular weight excluding hydrogens is 404 g/mol. The van der Waals surface area contributed by atoms with Crippen LogP contribution in [-0.2, 0) is 0 Å². The maximum Gasteiger partial charge on any atom is 0.252 e. The summed E-state index contributed by atoms with van der Waals surface area (Å²) in [6, 6.07) is 25.8. The normalized spacial score (nSPS) is 12.0. The van der Waals surface area contributed by atoms with E-state index in [1.165, 1.54) is 0 Å². The van der Waals surface area contributed by atoms with Gasteiger partial charge in [-0.2, -0.15) is 0 Å². The lowest BCUT2D eigenvalue weighted by Crippen LogP contribution is -2.33. The number of hydrogen-bond donors (Lipinski definition) is 3. The molecule has 3 aromatic carbocycles. The van der Waals surface area contributed by atoms with Crippen LogP contribution in [0.3, 0.4) is 0 Å². The minimum Gasteiger partial charge on any atom is -0.387 e. The first-order valence-corrected chi connectivity index (χ1v) is 11.5. The van der Waals surface area contributed by atoms with Gasteiger partial charge in [-0.1, -0.05) is 80.6 Å². The Bertz CT molecular complexity index is 962. The Morgan fingerprint density at radius 3 is 2.26 bits per heavy atom. The minimum absolute atomic E-state index is 0.0758.